The van der Waals surface area contributed by atoms with Gasteiger partial charge in [-0.1, -0.05) is 0 Å². The molecule has 0 aromatic carbocycles. The van der Waals surface area contributed by atoms with Gasteiger partial charge < -0.3 is 20.1 Å². The first-order chi connectivity index (χ1) is 12.4. The van der Waals surface area contributed by atoms with Gasteiger partial charge in [0.1, 0.15) is 9.84 Å². The zero-order chi connectivity index (χ0) is 18.9. The summed E-state index contributed by atoms with van der Waals surface area (Å²) in [7, 11) is -2.95. The first-order valence-corrected chi connectivity index (χ1v) is 11.8. The topological polar surface area (TPSA) is 89.0 Å². The summed E-state index contributed by atoms with van der Waals surface area (Å²) in [4.78, 5) is 4.60. The van der Waals surface area contributed by atoms with Gasteiger partial charge in [0, 0.05) is 57.7 Å². The fraction of sp³-hybridized carbons (Fsp3) is 0.944. The van der Waals surface area contributed by atoms with E-state index in [2.05, 4.69) is 15.6 Å². The summed E-state index contributed by atoms with van der Waals surface area (Å²) in [6.07, 6.45) is 6.32. The molecule has 1 saturated heterocycles. The van der Waals surface area contributed by atoms with Crippen LogP contribution in [0.5, 0.6) is 0 Å². The average Bonchev–Trinajstić information content (AvgIpc) is 3.34. The van der Waals surface area contributed by atoms with Crippen molar-refractivity contribution in [1.82, 2.24) is 10.6 Å². The highest BCUT2D eigenvalue weighted by Crippen LogP contribution is 2.46. The molecule has 2 fully saturated rings. The summed E-state index contributed by atoms with van der Waals surface area (Å²) in [6, 6.07) is 0. The Morgan fingerprint density at radius 3 is 2.56 bits per heavy atom. The highest BCUT2D eigenvalue weighted by atomic mass is 127. The minimum absolute atomic E-state index is 0. The molecule has 2 aliphatic rings. The molecule has 0 radical (unpaired) electrons. The Bertz CT molecular complexity index is 547. The molecular weight excluding hydrogens is 481 g/mol. The quantitative estimate of drug-likeness (QED) is 0.188. The van der Waals surface area contributed by atoms with Crippen molar-refractivity contribution in [2.75, 3.05) is 58.1 Å². The molecule has 0 atom stereocenters. The van der Waals surface area contributed by atoms with Crippen LogP contribution < -0.4 is 10.6 Å². The predicted octanol–water partition coefficient (Wildman–Crippen LogP) is 1.82. The maximum Gasteiger partial charge on any atom is 0.191 e. The van der Waals surface area contributed by atoms with Crippen LogP contribution in [0, 0.1) is 11.3 Å². The van der Waals surface area contributed by atoms with Gasteiger partial charge in [0.2, 0.25) is 0 Å². The molecule has 0 spiro atoms. The minimum Gasteiger partial charge on any atom is -0.381 e. The number of ether oxygens (including phenoxy) is 2. The van der Waals surface area contributed by atoms with Gasteiger partial charge in [-0.2, -0.15) is 0 Å². The van der Waals surface area contributed by atoms with Crippen LogP contribution >= 0.6 is 24.0 Å². The Balaban J connectivity index is 0.00000364. The van der Waals surface area contributed by atoms with E-state index in [9.17, 15) is 8.42 Å². The number of aliphatic imine (C=N–C) groups is 1. The number of hydrogen-bond donors (Lipinski definition) is 2. The number of halogens is 1. The van der Waals surface area contributed by atoms with Crippen molar-refractivity contribution < 1.29 is 17.9 Å². The lowest BCUT2D eigenvalue weighted by atomic mass is 10.0. The van der Waals surface area contributed by atoms with Crippen LogP contribution in [0.15, 0.2) is 4.99 Å². The van der Waals surface area contributed by atoms with Crippen LogP contribution in [0.4, 0.5) is 0 Å². The molecule has 2 N–H and O–H groups in total. The van der Waals surface area contributed by atoms with Crippen molar-refractivity contribution in [2.24, 2.45) is 16.3 Å². The number of rotatable bonds is 11. The zero-order valence-corrected chi connectivity index (χ0v) is 19.8. The summed E-state index contributed by atoms with van der Waals surface area (Å²) >= 11 is 0. The third kappa shape index (κ3) is 10.8. The fourth-order valence-corrected chi connectivity index (χ4v) is 4.71. The van der Waals surface area contributed by atoms with Crippen molar-refractivity contribution in [3.8, 4) is 0 Å². The highest BCUT2D eigenvalue weighted by molar-refractivity contribution is 14.0. The molecule has 160 valence electrons. The van der Waals surface area contributed by atoms with Crippen molar-refractivity contribution in [1.29, 1.82) is 0 Å². The van der Waals surface area contributed by atoms with Crippen LogP contribution in [-0.2, 0) is 19.3 Å². The molecule has 0 bridgehead atoms. The van der Waals surface area contributed by atoms with Gasteiger partial charge in [0.25, 0.3) is 0 Å². The van der Waals surface area contributed by atoms with E-state index in [-0.39, 0.29) is 35.1 Å². The molecule has 1 aliphatic heterocycles. The number of nitrogens with one attached hydrogen (secondary N) is 2. The van der Waals surface area contributed by atoms with Crippen molar-refractivity contribution in [3.63, 3.8) is 0 Å². The third-order valence-corrected chi connectivity index (χ3v) is 6.03. The molecule has 7 nitrogen and oxygen atoms in total. The van der Waals surface area contributed by atoms with Gasteiger partial charge in [-0.3, -0.25) is 4.99 Å². The Hall–Kier alpha value is -0.130. The number of nitrogens with zero attached hydrogens (tertiary/aromatic N) is 1. The Morgan fingerprint density at radius 1 is 1.26 bits per heavy atom. The summed E-state index contributed by atoms with van der Waals surface area (Å²) < 4.78 is 34.2. The lowest BCUT2D eigenvalue weighted by Crippen LogP contribution is -2.38. The first kappa shape index (κ1) is 24.9. The van der Waals surface area contributed by atoms with Crippen molar-refractivity contribution in [3.05, 3.63) is 0 Å². The molecular formula is C18H36IN3O4S. The number of hydrogen-bond acceptors (Lipinski definition) is 5. The Morgan fingerprint density at radius 2 is 1.96 bits per heavy atom. The maximum atomic E-state index is 11.5. The molecule has 1 aliphatic carbocycles. The summed E-state index contributed by atoms with van der Waals surface area (Å²) in [5.41, 5.74) is -0.136. The van der Waals surface area contributed by atoms with Gasteiger partial charge in [-0.15, -0.1) is 24.0 Å². The average molecular weight is 517 g/mol. The lowest BCUT2D eigenvalue weighted by molar-refractivity contribution is 0.0203. The minimum atomic E-state index is -2.95. The monoisotopic (exact) mass is 517 g/mol. The van der Waals surface area contributed by atoms with E-state index in [1.807, 2.05) is 6.92 Å². The van der Waals surface area contributed by atoms with E-state index in [1.165, 1.54) is 6.26 Å². The summed E-state index contributed by atoms with van der Waals surface area (Å²) in [5.74, 6) is 1.64. The van der Waals surface area contributed by atoms with Crippen LogP contribution in [-0.4, -0.2) is 72.4 Å². The van der Waals surface area contributed by atoms with E-state index >= 15 is 0 Å². The number of guanidine groups is 1. The third-order valence-electron chi connectivity index (χ3n) is 4.89. The molecule has 27 heavy (non-hydrogen) atoms. The first-order valence-electron chi connectivity index (χ1n) is 9.78. The second kappa shape index (κ2) is 12.4. The molecule has 1 saturated carbocycles. The SMILES string of the molecule is CCNC(=NCC1(CS(C)(=O)=O)CC1)NCCCOCC1CCOCC1.I. The lowest BCUT2D eigenvalue weighted by Gasteiger charge is -2.21. The van der Waals surface area contributed by atoms with Crippen molar-refractivity contribution in [2.45, 2.75) is 39.0 Å². The number of sulfone groups is 1. The van der Waals surface area contributed by atoms with Crippen LogP contribution in [0.25, 0.3) is 0 Å². The Kier molecular flexibility index (Phi) is 11.5. The summed E-state index contributed by atoms with van der Waals surface area (Å²) in [6.45, 7) is 7.45. The largest absolute Gasteiger partial charge is 0.381 e. The van der Waals surface area contributed by atoms with Crippen molar-refractivity contribution >= 4 is 39.8 Å². The van der Waals surface area contributed by atoms with E-state index in [1.54, 1.807) is 0 Å². The second-order valence-electron chi connectivity index (χ2n) is 7.68. The molecule has 1 heterocycles. The molecule has 0 aromatic rings. The van der Waals surface area contributed by atoms with E-state index in [4.69, 9.17) is 9.47 Å². The smallest absolute Gasteiger partial charge is 0.191 e. The predicted molar refractivity (Wildman–Crippen MR) is 120 cm³/mol. The molecule has 9 heteroatoms. The van der Waals surface area contributed by atoms with Gasteiger partial charge in [-0.25, -0.2) is 8.42 Å². The highest BCUT2D eigenvalue weighted by Gasteiger charge is 2.45. The van der Waals surface area contributed by atoms with E-state index in [0.29, 0.717) is 12.5 Å². The van der Waals surface area contributed by atoms with Gasteiger partial charge in [0.15, 0.2) is 5.96 Å². The van der Waals surface area contributed by atoms with Crippen LogP contribution in [0.1, 0.15) is 39.0 Å². The molecule has 0 amide bonds. The van der Waals surface area contributed by atoms with E-state index < -0.39 is 9.84 Å². The normalized spacial score (nSPS) is 20.0. The molecule has 0 unspecified atom stereocenters. The Labute approximate surface area is 181 Å². The van der Waals surface area contributed by atoms with Crippen LogP contribution in [0.2, 0.25) is 0 Å². The fourth-order valence-electron chi connectivity index (χ4n) is 3.21. The zero-order valence-electron chi connectivity index (χ0n) is 16.7. The second-order valence-corrected chi connectivity index (χ2v) is 9.82. The van der Waals surface area contributed by atoms with Gasteiger partial charge in [-0.05, 0) is 44.9 Å². The maximum absolute atomic E-state index is 11.5. The van der Waals surface area contributed by atoms with Crippen LogP contribution in [0.3, 0.4) is 0 Å². The molecule has 2 rings (SSSR count). The van der Waals surface area contributed by atoms with Gasteiger partial charge >= 0.3 is 0 Å². The standard InChI is InChI=1S/C18H35N3O4S.HI/c1-3-19-17(21-14-18(7-8-18)15-26(2,22)23)20-9-4-10-25-13-16-5-11-24-12-6-16;/h16H,3-15H2,1-2H3,(H2,19,20,21);1H. The van der Waals surface area contributed by atoms with Gasteiger partial charge in [0.05, 0.1) is 5.75 Å². The summed E-state index contributed by atoms with van der Waals surface area (Å²) in [5, 5.41) is 6.53. The van der Waals surface area contributed by atoms with E-state index in [0.717, 1.165) is 77.6 Å². The molecule has 0 aromatic heterocycles.